The van der Waals surface area contributed by atoms with Crippen LogP contribution in [0.25, 0.3) is 10.9 Å². The molecule has 0 saturated heterocycles. The molecule has 0 atom stereocenters. The summed E-state index contributed by atoms with van der Waals surface area (Å²) in [4.78, 5) is 4.28. The first kappa shape index (κ1) is 10.4. The summed E-state index contributed by atoms with van der Waals surface area (Å²) in [5.74, 6) is 0.881. The molecule has 3 heteroatoms. The minimum absolute atomic E-state index is 0.192. The lowest BCUT2D eigenvalue weighted by molar-refractivity contribution is 0.243. The van der Waals surface area contributed by atoms with Crippen molar-refractivity contribution >= 4 is 26.8 Å². The van der Waals surface area contributed by atoms with Gasteiger partial charge in [0.25, 0.3) is 0 Å². The summed E-state index contributed by atoms with van der Waals surface area (Å²) in [6, 6.07) is 7.85. The van der Waals surface area contributed by atoms with E-state index in [4.69, 9.17) is 4.74 Å². The molecule has 15 heavy (non-hydrogen) atoms. The van der Waals surface area contributed by atoms with Gasteiger partial charge in [0.05, 0.1) is 11.6 Å². The molecule has 2 nitrogen and oxygen atoms in total. The van der Waals surface area contributed by atoms with Crippen molar-refractivity contribution in [2.45, 2.75) is 20.0 Å². The van der Waals surface area contributed by atoms with Crippen molar-refractivity contribution in [3.8, 4) is 5.75 Å². The average Bonchev–Trinajstić information content (AvgIpc) is 2.18. The van der Waals surface area contributed by atoms with E-state index in [0.717, 1.165) is 21.1 Å². The van der Waals surface area contributed by atoms with Gasteiger partial charge in [0, 0.05) is 16.1 Å². The van der Waals surface area contributed by atoms with E-state index in [-0.39, 0.29) is 6.10 Å². The zero-order valence-electron chi connectivity index (χ0n) is 8.70. The molecule has 0 radical (unpaired) electrons. The molecule has 78 valence electrons. The fraction of sp³-hybridized carbons (Fsp3) is 0.250. The summed E-state index contributed by atoms with van der Waals surface area (Å²) in [6.45, 7) is 4.03. The van der Waals surface area contributed by atoms with Gasteiger partial charge in [-0.1, -0.05) is 15.9 Å². The fourth-order valence-electron chi connectivity index (χ4n) is 1.44. The zero-order chi connectivity index (χ0) is 10.8. The molecule has 0 unspecified atom stereocenters. The fourth-order valence-corrected chi connectivity index (χ4v) is 1.87. The number of ether oxygens (including phenoxy) is 1. The zero-order valence-corrected chi connectivity index (χ0v) is 10.3. The van der Waals surface area contributed by atoms with Crippen LogP contribution in [0.5, 0.6) is 5.75 Å². The average molecular weight is 266 g/mol. The van der Waals surface area contributed by atoms with Crippen molar-refractivity contribution in [1.29, 1.82) is 0 Å². The van der Waals surface area contributed by atoms with Crippen LogP contribution in [0.15, 0.2) is 34.9 Å². The lowest BCUT2D eigenvalue weighted by Gasteiger charge is -2.10. The van der Waals surface area contributed by atoms with Crippen LogP contribution >= 0.6 is 15.9 Å². The third-order valence-corrected chi connectivity index (χ3v) is 2.72. The third-order valence-electron chi connectivity index (χ3n) is 2.03. The molecule has 0 aliphatic rings. The van der Waals surface area contributed by atoms with Crippen LogP contribution in [0.1, 0.15) is 13.8 Å². The van der Waals surface area contributed by atoms with Crippen molar-refractivity contribution in [2.75, 3.05) is 0 Å². The molecule has 0 aliphatic heterocycles. The van der Waals surface area contributed by atoms with Gasteiger partial charge >= 0.3 is 0 Å². The van der Waals surface area contributed by atoms with Crippen LogP contribution in [0, 0.1) is 0 Å². The van der Waals surface area contributed by atoms with E-state index < -0.39 is 0 Å². The van der Waals surface area contributed by atoms with Gasteiger partial charge in [0.1, 0.15) is 5.75 Å². The highest BCUT2D eigenvalue weighted by Gasteiger charge is 2.02. The lowest BCUT2D eigenvalue weighted by atomic mass is 10.2. The molecule has 0 amide bonds. The molecular formula is C12H12BrNO. The number of aromatic nitrogens is 1. The summed E-state index contributed by atoms with van der Waals surface area (Å²) in [7, 11) is 0. The van der Waals surface area contributed by atoms with Crippen LogP contribution in [-0.4, -0.2) is 11.1 Å². The Kier molecular flexibility index (Phi) is 2.91. The smallest absolute Gasteiger partial charge is 0.120 e. The van der Waals surface area contributed by atoms with Crippen molar-refractivity contribution < 1.29 is 4.74 Å². The molecule has 2 aromatic rings. The molecule has 0 saturated carbocycles. The molecule has 0 fully saturated rings. The SMILES string of the molecule is CC(C)Oc1ccc2nccc(Br)c2c1. The maximum Gasteiger partial charge on any atom is 0.120 e. The molecule has 1 aromatic carbocycles. The Labute approximate surface area is 97.4 Å². The Morgan fingerprint density at radius 3 is 2.80 bits per heavy atom. The van der Waals surface area contributed by atoms with Crippen LogP contribution in [0.3, 0.4) is 0 Å². The first-order chi connectivity index (χ1) is 7.16. The first-order valence-corrected chi connectivity index (χ1v) is 5.67. The van der Waals surface area contributed by atoms with Gasteiger partial charge in [-0.3, -0.25) is 4.98 Å². The van der Waals surface area contributed by atoms with Gasteiger partial charge in [-0.2, -0.15) is 0 Å². The second-order valence-corrected chi connectivity index (χ2v) is 4.49. The molecule has 0 bridgehead atoms. The number of pyridine rings is 1. The van der Waals surface area contributed by atoms with Crippen LogP contribution in [0.4, 0.5) is 0 Å². The highest BCUT2D eigenvalue weighted by Crippen LogP contribution is 2.26. The van der Waals surface area contributed by atoms with E-state index in [1.54, 1.807) is 6.20 Å². The number of benzene rings is 1. The number of nitrogens with zero attached hydrogens (tertiary/aromatic N) is 1. The molecule has 2 rings (SSSR count). The van der Waals surface area contributed by atoms with Crippen LogP contribution in [0.2, 0.25) is 0 Å². The third kappa shape index (κ3) is 2.29. The van der Waals surface area contributed by atoms with Gasteiger partial charge in [0.15, 0.2) is 0 Å². The van der Waals surface area contributed by atoms with E-state index in [2.05, 4.69) is 20.9 Å². The minimum atomic E-state index is 0.192. The maximum atomic E-state index is 5.63. The number of halogens is 1. The molecular weight excluding hydrogens is 254 g/mol. The second-order valence-electron chi connectivity index (χ2n) is 3.64. The van der Waals surface area contributed by atoms with E-state index in [0.29, 0.717) is 0 Å². The Hall–Kier alpha value is -1.09. The van der Waals surface area contributed by atoms with Crippen molar-refractivity contribution in [3.63, 3.8) is 0 Å². The standard InChI is InChI=1S/C12H12BrNO/c1-8(2)15-9-3-4-12-10(7-9)11(13)5-6-14-12/h3-8H,1-2H3. The topological polar surface area (TPSA) is 22.1 Å². The summed E-state index contributed by atoms with van der Waals surface area (Å²) >= 11 is 3.50. The van der Waals surface area contributed by atoms with Crippen LogP contribution < -0.4 is 4.74 Å². The quantitative estimate of drug-likeness (QED) is 0.825. The van der Waals surface area contributed by atoms with E-state index in [1.807, 2.05) is 38.1 Å². The summed E-state index contributed by atoms with van der Waals surface area (Å²) in [5, 5.41) is 1.08. The first-order valence-electron chi connectivity index (χ1n) is 4.88. The highest BCUT2D eigenvalue weighted by atomic mass is 79.9. The largest absolute Gasteiger partial charge is 0.491 e. The molecule has 1 heterocycles. The molecule has 1 aromatic heterocycles. The Morgan fingerprint density at radius 1 is 1.27 bits per heavy atom. The molecule has 0 N–H and O–H groups in total. The van der Waals surface area contributed by atoms with Crippen molar-refractivity contribution in [2.24, 2.45) is 0 Å². The van der Waals surface area contributed by atoms with E-state index in [9.17, 15) is 0 Å². The molecule has 0 spiro atoms. The van der Waals surface area contributed by atoms with Crippen molar-refractivity contribution in [3.05, 3.63) is 34.9 Å². The minimum Gasteiger partial charge on any atom is -0.491 e. The monoisotopic (exact) mass is 265 g/mol. The number of hydrogen-bond donors (Lipinski definition) is 0. The Balaban J connectivity index is 2.50. The Bertz CT molecular complexity index is 482. The van der Waals surface area contributed by atoms with Gasteiger partial charge in [-0.05, 0) is 38.1 Å². The summed E-state index contributed by atoms with van der Waals surface area (Å²) in [5.41, 5.74) is 0.973. The van der Waals surface area contributed by atoms with Gasteiger partial charge < -0.3 is 4.74 Å². The van der Waals surface area contributed by atoms with Gasteiger partial charge in [-0.25, -0.2) is 0 Å². The predicted molar refractivity (Wildman–Crippen MR) is 65.2 cm³/mol. The summed E-state index contributed by atoms with van der Waals surface area (Å²) in [6.07, 6.45) is 1.98. The van der Waals surface area contributed by atoms with Crippen LogP contribution in [-0.2, 0) is 0 Å². The Morgan fingerprint density at radius 2 is 2.07 bits per heavy atom. The number of hydrogen-bond acceptors (Lipinski definition) is 2. The second kappa shape index (κ2) is 4.19. The number of rotatable bonds is 2. The highest BCUT2D eigenvalue weighted by molar-refractivity contribution is 9.10. The van der Waals surface area contributed by atoms with Gasteiger partial charge in [-0.15, -0.1) is 0 Å². The van der Waals surface area contributed by atoms with Gasteiger partial charge in [0.2, 0.25) is 0 Å². The number of fused-ring (bicyclic) bond motifs is 1. The predicted octanol–water partition coefficient (Wildman–Crippen LogP) is 3.78. The normalized spacial score (nSPS) is 10.9. The van der Waals surface area contributed by atoms with E-state index in [1.165, 1.54) is 0 Å². The van der Waals surface area contributed by atoms with Crippen molar-refractivity contribution in [1.82, 2.24) is 4.98 Å². The molecule has 0 aliphatic carbocycles. The van der Waals surface area contributed by atoms with E-state index >= 15 is 0 Å². The lowest BCUT2D eigenvalue weighted by Crippen LogP contribution is -2.05. The summed E-state index contributed by atoms with van der Waals surface area (Å²) < 4.78 is 6.67. The maximum absolute atomic E-state index is 5.63.